The molecule has 0 aliphatic rings. The number of rotatable bonds is 6. The molecule has 0 amide bonds. The number of aliphatic hydroxyl groups is 1. The molecule has 0 spiro atoms. The van der Waals surface area contributed by atoms with Gasteiger partial charge in [-0.2, -0.15) is 0 Å². The van der Waals surface area contributed by atoms with Crippen molar-refractivity contribution < 1.29 is 9.90 Å². The van der Waals surface area contributed by atoms with Crippen LogP contribution in [0.4, 0.5) is 0 Å². The van der Waals surface area contributed by atoms with Crippen LogP contribution >= 0.6 is 0 Å². The van der Waals surface area contributed by atoms with Crippen molar-refractivity contribution in [3.63, 3.8) is 0 Å². The molecule has 0 aromatic rings. The summed E-state index contributed by atoms with van der Waals surface area (Å²) < 4.78 is 0. The van der Waals surface area contributed by atoms with Gasteiger partial charge in [-0.1, -0.05) is 26.5 Å². The quantitative estimate of drug-likeness (QED) is 0.554. The summed E-state index contributed by atoms with van der Waals surface area (Å²) in [5.74, 6) is 0.0139. The minimum absolute atomic E-state index is 0.0139. The molecule has 90 valence electrons. The second kappa shape index (κ2) is 6.47. The molecule has 1 unspecified atom stereocenters. The highest BCUT2D eigenvalue weighted by atomic mass is 16.3. The number of allylic oxidation sites excluding steroid dienone is 3. The second-order valence-electron chi connectivity index (χ2n) is 4.67. The van der Waals surface area contributed by atoms with E-state index in [2.05, 4.69) is 12.3 Å². The Labute approximate surface area is 98.4 Å². The molecule has 0 saturated carbocycles. The zero-order valence-corrected chi connectivity index (χ0v) is 10.7. The van der Waals surface area contributed by atoms with Crippen LogP contribution in [0.5, 0.6) is 0 Å². The summed E-state index contributed by atoms with van der Waals surface area (Å²) in [4.78, 5) is 11.9. The first kappa shape index (κ1) is 14.9. The average Bonchev–Trinajstić information content (AvgIpc) is 2.14. The Bertz CT molecular complexity index is 316. The Morgan fingerprint density at radius 3 is 2.50 bits per heavy atom. The van der Waals surface area contributed by atoms with Crippen molar-refractivity contribution >= 4 is 5.78 Å². The molecule has 0 aliphatic heterocycles. The maximum Gasteiger partial charge on any atom is 0.161 e. The van der Waals surface area contributed by atoms with Gasteiger partial charge in [0.2, 0.25) is 0 Å². The highest BCUT2D eigenvalue weighted by molar-refractivity contribution is 5.96. The van der Waals surface area contributed by atoms with Gasteiger partial charge in [0.05, 0.1) is 6.10 Å². The fourth-order valence-corrected chi connectivity index (χ4v) is 1.74. The lowest BCUT2D eigenvalue weighted by molar-refractivity contribution is -0.118. The Kier molecular flexibility index (Phi) is 6.02. The van der Waals surface area contributed by atoms with Crippen LogP contribution in [0, 0.1) is 5.41 Å². The fraction of sp³-hybridized carbons (Fsp3) is 0.571. The summed E-state index contributed by atoms with van der Waals surface area (Å²) in [5.41, 5.74) is 3.25. The molecule has 0 fully saturated rings. The van der Waals surface area contributed by atoms with Gasteiger partial charge in [-0.3, -0.25) is 4.79 Å². The van der Waals surface area contributed by atoms with Gasteiger partial charge in [-0.25, -0.2) is 0 Å². The van der Waals surface area contributed by atoms with E-state index in [1.165, 1.54) is 0 Å². The molecule has 16 heavy (non-hydrogen) atoms. The molecule has 0 radical (unpaired) electrons. The number of hydrogen-bond acceptors (Lipinski definition) is 2. The summed E-state index contributed by atoms with van der Waals surface area (Å²) in [6.07, 6.45) is 3.98. The van der Waals surface area contributed by atoms with Gasteiger partial charge in [-0.05, 0) is 37.3 Å². The van der Waals surface area contributed by atoms with Crippen LogP contribution in [-0.4, -0.2) is 17.0 Å². The van der Waals surface area contributed by atoms with Crippen LogP contribution < -0.4 is 0 Å². The fourth-order valence-electron chi connectivity index (χ4n) is 1.74. The van der Waals surface area contributed by atoms with Gasteiger partial charge >= 0.3 is 0 Å². The number of carbonyl (C=O) groups excluding carboxylic acids is 1. The van der Waals surface area contributed by atoms with Crippen LogP contribution in [0.3, 0.4) is 0 Å². The minimum Gasteiger partial charge on any atom is -0.393 e. The monoisotopic (exact) mass is 222 g/mol. The lowest BCUT2D eigenvalue weighted by atomic mass is 9.78. The predicted octanol–water partition coefficient (Wildman–Crippen LogP) is 3.03. The molecular formula is C14H22O2. The largest absolute Gasteiger partial charge is 0.393 e. The van der Waals surface area contributed by atoms with E-state index < -0.39 is 6.10 Å². The lowest BCUT2D eigenvalue weighted by Crippen LogP contribution is -2.23. The summed E-state index contributed by atoms with van der Waals surface area (Å²) >= 11 is 0. The van der Waals surface area contributed by atoms with Crippen LogP contribution in [0.1, 0.15) is 40.5 Å². The first-order valence-electron chi connectivity index (χ1n) is 5.57. The van der Waals surface area contributed by atoms with Crippen LogP contribution in [0.2, 0.25) is 0 Å². The third-order valence-electron chi connectivity index (χ3n) is 2.56. The maximum atomic E-state index is 11.9. The zero-order valence-electron chi connectivity index (χ0n) is 10.7. The van der Waals surface area contributed by atoms with Gasteiger partial charge in [0, 0.05) is 6.42 Å². The Balaban J connectivity index is 4.85. The minimum atomic E-state index is -0.590. The number of Topliss-reactive ketones (excluding diaryl/α,β-unsaturated/α-hetero) is 1. The van der Waals surface area contributed by atoms with Crippen LogP contribution in [-0.2, 0) is 4.79 Å². The van der Waals surface area contributed by atoms with E-state index in [0.29, 0.717) is 0 Å². The highest BCUT2D eigenvalue weighted by Gasteiger charge is 2.27. The normalized spacial score (nSPS) is 14.2. The maximum absolute atomic E-state index is 11.9. The predicted molar refractivity (Wildman–Crippen MR) is 67.2 cm³/mol. The Morgan fingerprint density at radius 1 is 1.56 bits per heavy atom. The van der Waals surface area contributed by atoms with E-state index in [9.17, 15) is 9.90 Å². The molecule has 0 saturated heterocycles. The van der Waals surface area contributed by atoms with E-state index in [-0.39, 0.29) is 17.6 Å². The lowest BCUT2D eigenvalue weighted by Gasteiger charge is -2.26. The Hall–Kier alpha value is -1.11. The molecule has 0 aromatic carbocycles. The molecule has 0 bridgehead atoms. The van der Waals surface area contributed by atoms with E-state index in [1.807, 2.05) is 32.9 Å². The number of carbonyl (C=O) groups is 1. The standard InChI is InChI=1S/C14H22O2/c1-6-8-9-14(4,5)12(7-2)13(16)10-11(3)15/h7-8,11,15H,1,9-10H2,2-5H3/b12-7+. The first-order valence-corrected chi connectivity index (χ1v) is 5.57. The number of hydrogen-bond donors (Lipinski definition) is 1. The van der Waals surface area contributed by atoms with E-state index in [4.69, 9.17) is 0 Å². The molecule has 0 aromatic heterocycles. The molecule has 2 nitrogen and oxygen atoms in total. The Morgan fingerprint density at radius 2 is 2.12 bits per heavy atom. The summed E-state index contributed by atoms with van der Waals surface area (Å²) in [5, 5.41) is 9.23. The smallest absolute Gasteiger partial charge is 0.161 e. The van der Waals surface area contributed by atoms with Crippen LogP contribution in [0.25, 0.3) is 0 Å². The SMILES string of the molecule is C=C=CCC(C)(C)/C(=C/C)C(=O)CC(C)O. The zero-order chi connectivity index (χ0) is 12.8. The molecule has 2 heteroatoms. The molecule has 1 N–H and O–H groups in total. The van der Waals surface area contributed by atoms with Gasteiger partial charge in [0.1, 0.15) is 0 Å². The average molecular weight is 222 g/mol. The van der Waals surface area contributed by atoms with Crippen molar-refractivity contribution in [2.45, 2.75) is 46.6 Å². The first-order chi connectivity index (χ1) is 7.35. The second-order valence-corrected chi connectivity index (χ2v) is 4.67. The molecule has 0 heterocycles. The van der Waals surface area contributed by atoms with Crippen LogP contribution in [0.15, 0.2) is 30.0 Å². The van der Waals surface area contributed by atoms with Crippen molar-refractivity contribution in [3.05, 3.63) is 30.0 Å². The van der Waals surface area contributed by atoms with E-state index >= 15 is 0 Å². The van der Waals surface area contributed by atoms with Crippen molar-refractivity contribution in [1.82, 2.24) is 0 Å². The van der Waals surface area contributed by atoms with Crippen molar-refractivity contribution in [3.8, 4) is 0 Å². The van der Waals surface area contributed by atoms with Gasteiger partial charge in [0.15, 0.2) is 5.78 Å². The summed E-state index contributed by atoms with van der Waals surface area (Å²) in [7, 11) is 0. The topological polar surface area (TPSA) is 37.3 Å². The van der Waals surface area contributed by atoms with Gasteiger partial charge in [0.25, 0.3) is 0 Å². The van der Waals surface area contributed by atoms with Gasteiger partial charge in [-0.15, -0.1) is 5.73 Å². The van der Waals surface area contributed by atoms with E-state index in [0.717, 1.165) is 12.0 Å². The third kappa shape index (κ3) is 4.61. The van der Waals surface area contributed by atoms with E-state index in [1.54, 1.807) is 6.92 Å². The van der Waals surface area contributed by atoms with Crippen molar-refractivity contribution in [2.75, 3.05) is 0 Å². The third-order valence-corrected chi connectivity index (χ3v) is 2.56. The molecule has 0 aliphatic carbocycles. The number of aliphatic hydroxyl groups excluding tert-OH is 1. The summed E-state index contributed by atoms with van der Waals surface area (Å²) in [6, 6.07) is 0. The van der Waals surface area contributed by atoms with Crippen molar-refractivity contribution in [2.24, 2.45) is 5.41 Å². The summed E-state index contributed by atoms with van der Waals surface area (Å²) in [6.45, 7) is 11.0. The molecule has 0 rings (SSSR count). The molecule has 1 atom stereocenters. The van der Waals surface area contributed by atoms with Crippen molar-refractivity contribution in [1.29, 1.82) is 0 Å². The van der Waals surface area contributed by atoms with Gasteiger partial charge < -0.3 is 5.11 Å². The molecular weight excluding hydrogens is 200 g/mol. The highest BCUT2D eigenvalue weighted by Crippen LogP contribution is 2.32. The number of ketones is 1.